The molecule has 6 heteroatoms. The van der Waals surface area contributed by atoms with Crippen LogP contribution in [0.1, 0.15) is 10.4 Å². The van der Waals surface area contributed by atoms with E-state index in [0.717, 1.165) is 0 Å². The number of non-ortho nitro benzene ring substituents is 1. The molecule has 0 spiro atoms. The molecule has 0 aliphatic carbocycles. The number of nitrogens with one attached hydrogen (secondary N) is 1. The molecule has 80 valence electrons. The summed E-state index contributed by atoms with van der Waals surface area (Å²) in [6, 6.07) is 4.01. The Morgan fingerprint density at radius 3 is 2.80 bits per heavy atom. The Morgan fingerprint density at radius 1 is 1.53 bits per heavy atom. The number of hydrogen-bond acceptors (Lipinski definition) is 5. The van der Waals surface area contributed by atoms with Gasteiger partial charge in [-0.15, -0.1) is 0 Å². The van der Waals surface area contributed by atoms with Gasteiger partial charge in [-0.2, -0.15) is 0 Å². The zero-order valence-electron chi connectivity index (χ0n) is 7.97. The molecule has 0 aromatic heterocycles. The van der Waals surface area contributed by atoms with Crippen LogP contribution in [0.2, 0.25) is 0 Å². The average Bonchev–Trinajstić information content (AvgIpc) is 2.25. The second-order valence-corrected chi connectivity index (χ2v) is 2.86. The SMILES string of the molecule is NCCNc1cc([N+](=O)[O-])ccc1C=O. The highest BCUT2D eigenvalue weighted by atomic mass is 16.6. The van der Waals surface area contributed by atoms with Gasteiger partial charge in [-0.3, -0.25) is 14.9 Å². The lowest BCUT2D eigenvalue weighted by atomic mass is 10.1. The molecule has 0 unspecified atom stereocenters. The van der Waals surface area contributed by atoms with Crippen LogP contribution in [0.15, 0.2) is 18.2 Å². The summed E-state index contributed by atoms with van der Waals surface area (Å²) in [5, 5.41) is 13.3. The van der Waals surface area contributed by atoms with E-state index < -0.39 is 4.92 Å². The predicted molar refractivity (Wildman–Crippen MR) is 56.0 cm³/mol. The van der Waals surface area contributed by atoms with Gasteiger partial charge in [-0.05, 0) is 6.07 Å². The number of nitro groups is 1. The summed E-state index contributed by atoms with van der Waals surface area (Å²) < 4.78 is 0. The summed E-state index contributed by atoms with van der Waals surface area (Å²) in [5.74, 6) is 0. The van der Waals surface area contributed by atoms with Crippen LogP contribution >= 0.6 is 0 Å². The van der Waals surface area contributed by atoms with Gasteiger partial charge in [0, 0.05) is 30.8 Å². The number of hydrogen-bond donors (Lipinski definition) is 2. The van der Waals surface area contributed by atoms with Crippen molar-refractivity contribution in [1.82, 2.24) is 0 Å². The second-order valence-electron chi connectivity index (χ2n) is 2.86. The Kier molecular flexibility index (Phi) is 3.75. The smallest absolute Gasteiger partial charge is 0.271 e. The summed E-state index contributed by atoms with van der Waals surface area (Å²) in [6.07, 6.45) is 0.641. The van der Waals surface area contributed by atoms with E-state index in [4.69, 9.17) is 5.73 Å². The Bertz CT molecular complexity index is 379. The molecule has 3 N–H and O–H groups in total. The quantitative estimate of drug-likeness (QED) is 0.424. The van der Waals surface area contributed by atoms with E-state index in [9.17, 15) is 14.9 Å². The lowest BCUT2D eigenvalue weighted by Gasteiger charge is -2.06. The van der Waals surface area contributed by atoms with Gasteiger partial charge in [-0.1, -0.05) is 0 Å². The van der Waals surface area contributed by atoms with Crippen molar-refractivity contribution in [3.8, 4) is 0 Å². The van der Waals surface area contributed by atoms with Gasteiger partial charge < -0.3 is 11.1 Å². The van der Waals surface area contributed by atoms with Gasteiger partial charge in [0.25, 0.3) is 5.69 Å². The summed E-state index contributed by atoms with van der Waals surface area (Å²) in [5.41, 5.74) is 6.04. The molecule has 1 rings (SSSR count). The predicted octanol–water partition coefficient (Wildman–Crippen LogP) is 0.778. The third kappa shape index (κ3) is 2.75. The molecule has 0 saturated carbocycles. The monoisotopic (exact) mass is 209 g/mol. The van der Waals surface area contributed by atoms with Crippen molar-refractivity contribution < 1.29 is 9.72 Å². The van der Waals surface area contributed by atoms with E-state index in [1.54, 1.807) is 0 Å². The number of benzene rings is 1. The summed E-state index contributed by atoms with van der Waals surface area (Å²) in [6.45, 7) is 0.850. The number of nitrogens with two attached hydrogens (primary N) is 1. The maximum absolute atomic E-state index is 10.6. The largest absolute Gasteiger partial charge is 0.383 e. The third-order valence-electron chi connectivity index (χ3n) is 1.83. The van der Waals surface area contributed by atoms with Crippen LogP contribution in [-0.2, 0) is 0 Å². The molecule has 0 atom stereocenters. The average molecular weight is 209 g/mol. The fourth-order valence-corrected chi connectivity index (χ4v) is 1.12. The normalized spacial score (nSPS) is 9.67. The van der Waals surface area contributed by atoms with Gasteiger partial charge in [0.15, 0.2) is 6.29 Å². The molecular weight excluding hydrogens is 198 g/mol. The molecule has 1 aromatic carbocycles. The minimum Gasteiger partial charge on any atom is -0.383 e. The highest BCUT2D eigenvalue weighted by molar-refractivity contribution is 5.85. The van der Waals surface area contributed by atoms with Crippen molar-refractivity contribution in [3.63, 3.8) is 0 Å². The number of aldehydes is 1. The van der Waals surface area contributed by atoms with Gasteiger partial charge in [0.1, 0.15) is 0 Å². The lowest BCUT2D eigenvalue weighted by Crippen LogP contribution is -2.14. The van der Waals surface area contributed by atoms with Crippen molar-refractivity contribution in [2.24, 2.45) is 5.73 Å². The van der Waals surface area contributed by atoms with E-state index in [0.29, 0.717) is 30.6 Å². The van der Waals surface area contributed by atoms with E-state index in [-0.39, 0.29) is 5.69 Å². The van der Waals surface area contributed by atoms with Crippen LogP contribution in [0, 0.1) is 10.1 Å². The topological polar surface area (TPSA) is 98.3 Å². The molecule has 6 nitrogen and oxygen atoms in total. The molecule has 0 radical (unpaired) electrons. The molecule has 1 aromatic rings. The Morgan fingerprint density at radius 2 is 2.27 bits per heavy atom. The van der Waals surface area contributed by atoms with E-state index in [1.165, 1.54) is 18.2 Å². The Hall–Kier alpha value is -1.95. The van der Waals surface area contributed by atoms with Crippen molar-refractivity contribution >= 4 is 17.7 Å². The second kappa shape index (κ2) is 5.06. The molecule has 0 aliphatic heterocycles. The molecule has 15 heavy (non-hydrogen) atoms. The van der Waals surface area contributed by atoms with Gasteiger partial charge in [-0.25, -0.2) is 0 Å². The van der Waals surface area contributed by atoms with Crippen LogP contribution in [-0.4, -0.2) is 24.3 Å². The molecule has 0 saturated heterocycles. The summed E-state index contributed by atoms with van der Waals surface area (Å²) in [4.78, 5) is 20.6. The first-order chi connectivity index (χ1) is 7.19. The number of rotatable bonds is 5. The molecule has 0 heterocycles. The number of anilines is 1. The standard InChI is InChI=1S/C9H11N3O3/c10-3-4-11-9-5-8(12(14)15)2-1-7(9)6-13/h1-2,5-6,11H,3-4,10H2. The first-order valence-electron chi connectivity index (χ1n) is 4.36. The third-order valence-corrected chi connectivity index (χ3v) is 1.83. The van der Waals surface area contributed by atoms with E-state index >= 15 is 0 Å². The van der Waals surface area contributed by atoms with Crippen molar-refractivity contribution in [2.45, 2.75) is 0 Å². The Labute approximate surface area is 86.2 Å². The summed E-state index contributed by atoms with van der Waals surface area (Å²) in [7, 11) is 0. The van der Waals surface area contributed by atoms with Crippen LogP contribution in [0.5, 0.6) is 0 Å². The van der Waals surface area contributed by atoms with Crippen LogP contribution in [0.25, 0.3) is 0 Å². The minimum atomic E-state index is -0.512. The molecule has 0 amide bonds. The molecule has 0 fully saturated rings. The van der Waals surface area contributed by atoms with E-state index in [1.807, 2.05) is 0 Å². The first kappa shape index (κ1) is 11.1. The highest BCUT2D eigenvalue weighted by Gasteiger charge is 2.09. The Balaban J connectivity index is 3.01. The van der Waals surface area contributed by atoms with Crippen LogP contribution in [0.3, 0.4) is 0 Å². The highest BCUT2D eigenvalue weighted by Crippen LogP contribution is 2.20. The minimum absolute atomic E-state index is 0.0554. The van der Waals surface area contributed by atoms with Crippen LogP contribution < -0.4 is 11.1 Å². The van der Waals surface area contributed by atoms with Crippen molar-refractivity contribution in [3.05, 3.63) is 33.9 Å². The fourth-order valence-electron chi connectivity index (χ4n) is 1.12. The van der Waals surface area contributed by atoms with Crippen LogP contribution in [0.4, 0.5) is 11.4 Å². The number of carbonyl (C=O) groups is 1. The van der Waals surface area contributed by atoms with Crippen molar-refractivity contribution in [2.75, 3.05) is 18.4 Å². The molecule has 0 aliphatic rings. The molecule has 0 bridgehead atoms. The molecular formula is C9H11N3O3. The van der Waals surface area contributed by atoms with Gasteiger partial charge >= 0.3 is 0 Å². The number of nitrogens with zero attached hydrogens (tertiary/aromatic N) is 1. The first-order valence-corrected chi connectivity index (χ1v) is 4.36. The summed E-state index contributed by atoms with van der Waals surface area (Å²) >= 11 is 0. The van der Waals surface area contributed by atoms with Gasteiger partial charge in [0.2, 0.25) is 0 Å². The maximum Gasteiger partial charge on any atom is 0.271 e. The zero-order chi connectivity index (χ0) is 11.3. The number of carbonyl (C=O) groups excluding carboxylic acids is 1. The fraction of sp³-hybridized carbons (Fsp3) is 0.222. The van der Waals surface area contributed by atoms with E-state index in [2.05, 4.69) is 5.32 Å². The zero-order valence-corrected chi connectivity index (χ0v) is 7.97. The maximum atomic E-state index is 10.6. The lowest BCUT2D eigenvalue weighted by molar-refractivity contribution is -0.384. The number of nitro benzene ring substituents is 1. The van der Waals surface area contributed by atoms with Crippen molar-refractivity contribution in [1.29, 1.82) is 0 Å². The van der Waals surface area contributed by atoms with Gasteiger partial charge in [0.05, 0.1) is 10.6 Å².